The van der Waals surface area contributed by atoms with Crippen LogP contribution in [0.15, 0.2) is 24.3 Å². The average Bonchev–Trinajstić information content (AvgIpc) is 2.50. The second-order valence-corrected chi connectivity index (χ2v) is 7.59. The fourth-order valence-electron chi connectivity index (χ4n) is 2.67. The standard InChI is InChI=1S/C20H33FN2O2/c1-6-7-11-17(14-22-19(24)25-20(3,4)5)23-15(2)13-16-10-8-9-12-18(16)21/h8-10,12,15,17,23H,6-7,11,13-14H2,1-5H3,(H,22,24). The van der Waals surface area contributed by atoms with Gasteiger partial charge in [0, 0.05) is 18.6 Å². The van der Waals surface area contributed by atoms with Crippen LogP contribution in [0.2, 0.25) is 0 Å². The predicted octanol–water partition coefficient (Wildman–Crippen LogP) is 4.43. The maximum atomic E-state index is 13.8. The SMILES string of the molecule is CCCCC(CNC(=O)OC(C)(C)C)NC(C)Cc1ccccc1F. The van der Waals surface area contributed by atoms with E-state index in [4.69, 9.17) is 4.74 Å². The van der Waals surface area contributed by atoms with Crippen LogP contribution in [0.5, 0.6) is 0 Å². The van der Waals surface area contributed by atoms with E-state index < -0.39 is 11.7 Å². The number of amides is 1. The maximum absolute atomic E-state index is 13.8. The highest BCUT2D eigenvalue weighted by Gasteiger charge is 2.18. The lowest BCUT2D eigenvalue weighted by Crippen LogP contribution is -2.46. The van der Waals surface area contributed by atoms with Crippen LogP contribution in [-0.4, -0.2) is 30.3 Å². The quantitative estimate of drug-likeness (QED) is 0.691. The van der Waals surface area contributed by atoms with Crippen LogP contribution in [0.25, 0.3) is 0 Å². The van der Waals surface area contributed by atoms with Crippen molar-refractivity contribution in [3.8, 4) is 0 Å². The molecule has 0 aliphatic carbocycles. The monoisotopic (exact) mass is 352 g/mol. The minimum atomic E-state index is -0.505. The van der Waals surface area contributed by atoms with Gasteiger partial charge in [-0.2, -0.15) is 0 Å². The Hall–Kier alpha value is -1.62. The lowest BCUT2D eigenvalue weighted by atomic mass is 10.0. The molecule has 2 unspecified atom stereocenters. The third kappa shape index (κ3) is 9.44. The highest BCUT2D eigenvalue weighted by Crippen LogP contribution is 2.11. The Labute approximate surface area is 151 Å². The summed E-state index contributed by atoms with van der Waals surface area (Å²) in [6.07, 6.45) is 3.32. The van der Waals surface area contributed by atoms with E-state index in [-0.39, 0.29) is 17.9 Å². The number of carbonyl (C=O) groups is 1. The largest absolute Gasteiger partial charge is 0.444 e. The molecule has 1 aromatic carbocycles. The molecule has 1 amide bonds. The molecule has 4 nitrogen and oxygen atoms in total. The Morgan fingerprint density at radius 1 is 1.28 bits per heavy atom. The number of alkyl carbamates (subject to hydrolysis) is 1. The van der Waals surface area contributed by atoms with E-state index in [1.54, 1.807) is 6.07 Å². The Bertz CT molecular complexity index is 529. The zero-order valence-corrected chi connectivity index (χ0v) is 16.2. The molecule has 2 N–H and O–H groups in total. The highest BCUT2D eigenvalue weighted by molar-refractivity contribution is 5.67. The molecular formula is C20H33FN2O2. The number of rotatable bonds is 9. The molecule has 0 fully saturated rings. The lowest BCUT2D eigenvalue weighted by molar-refractivity contribution is 0.0521. The van der Waals surface area contributed by atoms with Crippen molar-refractivity contribution in [2.45, 2.75) is 78.0 Å². The van der Waals surface area contributed by atoms with E-state index in [1.165, 1.54) is 6.07 Å². The van der Waals surface area contributed by atoms with E-state index in [9.17, 15) is 9.18 Å². The number of hydrogen-bond acceptors (Lipinski definition) is 3. The summed E-state index contributed by atoms with van der Waals surface area (Å²) >= 11 is 0. The minimum Gasteiger partial charge on any atom is -0.444 e. The first-order chi connectivity index (χ1) is 11.7. The van der Waals surface area contributed by atoms with Gasteiger partial charge in [-0.1, -0.05) is 38.0 Å². The fourth-order valence-corrected chi connectivity index (χ4v) is 2.67. The topological polar surface area (TPSA) is 50.4 Å². The molecule has 0 radical (unpaired) electrons. The molecule has 1 aromatic rings. The van der Waals surface area contributed by atoms with Gasteiger partial charge in [0.15, 0.2) is 0 Å². The summed E-state index contributed by atoms with van der Waals surface area (Å²) in [6, 6.07) is 7.09. The van der Waals surface area contributed by atoms with Gasteiger partial charge < -0.3 is 15.4 Å². The molecule has 0 aliphatic rings. The first-order valence-electron chi connectivity index (χ1n) is 9.17. The van der Waals surface area contributed by atoms with Gasteiger partial charge in [-0.15, -0.1) is 0 Å². The van der Waals surface area contributed by atoms with Gasteiger partial charge in [0.1, 0.15) is 11.4 Å². The molecule has 142 valence electrons. The van der Waals surface area contributed by atoms with Crippen LogP contribution in [0.1, 0.15) is 59.4 Å². The molecule has 5 heteroatoms. The highest BCUT2D eigenvalue weighted by atomic mass is 19.1. The normalized spacial score (nSPS) is 14.0. The van der Waals surface area contributed by atoms with Crippen LogP contribution in [-0.2, 0) is 11.2 Å². The Morgan fingerprint density at radius 3 is 2.56 bits per heavy atom. The summed E-state index contributed by atoms with van der Waals surface area (Å²) < 4.78 is 19.1. The third-order valence-electron chi connectivity index (χ3n) is 3.80. The summed E-state index contributed by atoms with van der Waals surface area (Å²) in [6.45, 7) is 10.2. The van der Waals surface area contributed by atoms with Crippen molar-refractivity contribution in [3.63, 3.8) is 0 Å². The molecule has 2 atom stereocenters. The maximum Gasteiger partial charge on any atom is 0.407 e. The third-order valence-corrected chi connectivity index (χ3v) is 3.80. The van der Waals surface area contributed by atoms with E-state index in [2.05, 4.69) is 17.6 Å². The van der Waals surface area contributed by atoms with Crippen molar-refractivity contribution in [1.29, 1.82) is 0 Å². The average molecular weight is 352 g/mol. The summed E-state index contributed by atoms with van der Waals surface area (Å²) in [5.41, 5.74) is 0.200. The van der Waals surface area contributed by atoms with Crippen molar-refractivity contribution in [2.24, 2.45) is 0 Å². The van der Waals surface area contributed by atoms with Gasteiger partial charge >= 0.3 is 6.09 Å². The van der Waals surface area contributed by atoms with Gasteiger partial charge in [0.2, 0.25) is 0 Å². The first kappa shape index (κ1) is 21.4. The van der Waals surface area contributed by atoms with Gasteiger partial charge in [-0.25, -0.2) is 9.18 Å². The summed E-state index contributed by atoms with van der Waals surface area (Å²) in [7, 11) is 0. The van der Waals surface area contributed by atoms with Crippen molar-refractivity contribution in [3.05, 3.63) is 35.6 Å². The molecule has 0 saturated heterocycles. The number of unbranched alkanes of at least 4 members (excludes halogenated alkanes) is 1. The number of benzene rings is 1. The molecule has 25 heavy (non-hydrogen) atoms. The molecule has 0 bridgehead atoms. The molecule has 0 aliphatic heterocycles. The van der Waals surface area contributed by atoms with Gasteiger partial charge in [-0.3, -0.25) is 0 Å². The van der Waals surface area contributed by atoms with Gasteiger partial charge in [0.25, 0.3) is 0 Å². The molecule has 0 saturated carbocycles. The van der Waals surface area contributed by atoms with Gasteiger partial charge in [-0.05, 0) is 52.2 Å². The summed E-state index contributed by atoms with van der Waals surface area (Å²) in [5.74, 6) is -0.173. The van der Waals surface area contributed by atoms with Crippen molar-refractivity contribution >= 4 is 6.09 Å². The number of hydrogen-bond donors (Lipinski definition) is 2. The molecule has 0 heterocycles. The smallest absolute Gasteiger partial charge is 0.407 e. The van der Waals surface area contributed by atoms with Crippen molar-refractivity contribution < 1.29 is 13.9 Å². The first-order valence-corrected chi connectivity index (χ1v) is 9.17. The summed E-state index contributed by atoms with van der Waals surface area (Å²) in [4.78, 5) is 11.8. The molecule has 0 spiro atoms. The van der Waals surface area contributed by atoms with E-state index in [0.29, 0.717) is 18.5 Å². The van der Waals surface area contributed by atoms with Gasteiger partial charge in [0.05, 0.1) is 0 Å². The zero-order chi connectivity index (χ0) is 18.9. The van der Waals surface area contributed by atoms with Crippen LogP contribution in [0, 0.1) is 5.82 Å². The minimum absolute atomic E-state index is 0.110. The Morgan fingerprint density at radius 2 is 1.96 bits per heavy atom. The lowest BCUT2D eigenvalue weighted by Gasteiger charge is -2.25. The number of halogens is 1. The zero-order valence-electron chi connectivity index (χ0n) is 16.2. The summed E-state index contributed by atoms with van der Waals surface area (Å²) in [5, 5.41) is 6.34. The molecular weight excluding hydrogens is 319 g/mol. The van der Waals surface area contributed by atoms with Crippen molar-refractivity contribution in [2.75, 3.05) is 6.54 Å². The number of nitrogens with one attached hydrogen (secondary N) is 2. The van der Waals surface area contributed by atoms with E-state index in [0.717, 1.165) is 19.3 Å². The second kappa shape index (κ2) is 10.4. The number of ether oxygens (including phenoxy) is 1. The van der Waals surface area contributed by atoms with Crippen LogP contribution >= 0.6 is 0 Å². The molecule has 0 aromatic heterocycles. The number of carbonyl (C=O) groups excluding carboxylic acids is 1. The Kier molecular flexibility index (Phi) is 8.90. The Balaban J connectivity index is 2.53. The van der Waals surface area contributed by atoms with E-state index in [1.807, 2.05) is 39.8 Å². The molecule has 1 rings (SSSR count). The van der Waals surface area contributed by atoms with Crippen LogP contribution in [0.4, 0.5) is 9.18 Å². The fraction of sp³-hybridized carbons (Fsp3) is 0.650. The predicted molar refractivity (Wildman–Crippen MR) is 100 cm³/mol. The second-order valence-electron chi connectivity index (χ2n) is 7.59. The van der Waals surface area contributed by atoms with Crippen LogP contribution < -0.4 is 10.6 Å². The van der Waals surface area contributed by atoms with Crippen molar-refractivity contribution in [1.82, 2.24) is 10.6 Å². The van der Waals surface area contributed by atoms with Crippen LogP contribution in [0.3, 0.4) is 0 Å². The van der Waals surface area contributed by atoms with E-state index >= 15 is 0 Å².